The van der Waals surface area contributed by atoms with E-state index in [1.165, 1.54) is 5.56 Å². The van der Waals surface area contributed by atoms with Crippen LogP contribution in [0.3, 0.4) is 0 Å². The third kappa shape index (κ3) is 5.28. The topological polar surface area (TPSA) is 50.7 Å². The molecule has 0 aliphatic rings. The maximum absolute atomic E-state index is 10.0. The van der Waals surface area contributed by atoms with Gasteiger partial charge in [0.15, 0.2) is 5.79 Å². The van der Waals surface area contributed by atoms with Crippen LogP contribution in [0.4, 0.5) is 0 Å². The standard InChI is InChI=1S/C15H25NO3/c1-15(18-2,19-3)14(17)10-7-11-16-12-13-8-5-4-6-9-13/h4-6,8-9,14,16-17H,7,10-12H2,1-3H3. The van der Waals surface area contributed by atoms with Gasteiger partial charge in [-0.25, -0.2) is 0 Å². The molecule has 0 radical (unpaired) electrons. The molecule has 1 unspecified atom stereocenters. The van der Waals surface area contributed by atoms with E-state index < -0.39 is 11.9 Å². The maximum atomic E-state index is 10.0. The molecule has 4 nitrogen and oxygen atoms in total. The van der Waals surface area contributed by atoms with E-state index in [0.717, 1.165) is 19.5 Å². The normalized spacial score (nSPS) is 13.5. The third-order valence-corrected chi connectivity index (χ3v) is 3.42. The zero-order chi connectivity index (χ0) is 14.1. The van der Waals surface area contributed by atoms with Gasteiger partial charge < -0.3 is 19.9 Å². The van der Waals surface area contributed by atoms with Crippen LogP contribution < -0.4 is 5.32 Å². The van der Waals surface area contributed by atoms with E-state index in [0.29, 0.717) is 6.42 Å². The second-order valence-corrected chi connectivity index (χ2v) is 4.74. The molecule has 0 heterocycles. The van der Waals surface area contributed by atoms with Crippen LogP contribution in [0.5, 0.6) is 0 Å². The Balaban J connectivity index is 2.17. The minimum atomic E-state index is -0.917. The molecule has 0 aliphatic heterocycles. The lowest BCUT2D eigenvalue weighted by molar-refractivity contribution is -0.248. The van der Waals surface area contributed by atoms with Crippen molar-refractivity contribution in [3.05, 3.63) is 35.9 Å². The quantitative estimate of drug-likeness (QED) is 0.530. The Hall–Kier alpha value is -0.940. The average molecular weight is 267 g/mol. The van der Waals surface area contributed by atoms with Crippen molar-refractivity contribution in [1.29, 1.82) is 0 Å². The summed E-state index contributed by atoms with van der Waals surface area (Å²) >= 11 is 0. The highest BCUT2D eigenvalue weighted by Crippen LogP contribution is 2.19. The second-order valence-electron chi connectivity index (χ2n) is 4.74. The van der Waals surface area contributed by atoms with Gasteiger partial charge >= 0.3 is 0 Å². The van der Waals surface area contributed by atoms with E-state index in [1.54, 1.807) is 21.1 Å². The van der Waals surface area contributed by atoms with Crippen LogP contribution in [0, 0.1) is 0 Å². The van der Waals surface area contributed by atoms with E-state index in [9.17, 15) is 5.11 Å². The minimum absolute atomic E-state index is 0.624. The molecule has 19 heavy (non-hydrogen) atoms. The molecule has 0 bridgehead atoms. The smallest absolute Gasteiger partial charge is 0.190 e. The van der Waals surface area contributed by atoms with Crippen molar-refractivity contribution in [2.24, 2.45) is 0 Å². The molecule has 0 saturated carbocycles. The predicted molar refractivity (Wildman–Crippen MR) is 75.8 cm³/mol. The summed E-state index contributed by atoms with van der Waals surface area (Å²) in [5.74, 6) is -0.917. The lowest BCUT2D eigenvalue weighted by atomic mass is 10.1. The van der Waals surface area contributed by atoms with Gasteiger partial charge in [0.2, 0.25) is 0 Å². The van der Waals surface area contributed by atoms with Gasteiger partial charge in [0.05, 0.1) is 0 Å². The molecule has 0 aliphatic carbocycles. The number of ether oxygens (including phenoxy) is 2. The van der Waals surface area contributed by atoms with Crippen molar-refractivity contribution in [3.63, 3.8) is 0 Å². The lowest BCUT2D eigenvalue weighted by Gasteiger charge is -2.31. The average Bonchev–Trinajstić information content (AvgIpc) is 2.47. The molecular weight excluding hydrogens is 242 g/mol. The highest BCUT2D eigenvalue weighted by molar-refractivity contribution is 5.14. The van der Waals surface area contributed by atoms with Gasteiger partial charge in [-0.05, 0) is 31.9 Å². The first-order chi connectivity index (χ1) is 9.12. The first-order valence-corrected chi connectivity index (χ1v) is 6.65. The molecule has 4 heteroatoms. The fourth-order valence-corrected chi connectivity index (χ4v) is 1.87. The van der Waals surface area contributed by atoms with Crippen LogP contribution >= 0.6 is 0 Å². The molecule has 1 aromatic carbocycles. The fraction of sp³-hybridized carbons (Fsp3) is 0.600. The Labute approximate surface area is 115 Å². The number of hydrogen-bond donors (Lipinski definition) is 2. The Morgan fingerprint density at radius 1 is 1.21 bits per heavy atom. The Kier molecular flexibility index (Phi) is 7.02. The number of nitrogens with one attached hydrogen (secondary N) is 1. The number of aliphatic hydroxyl groups is 1. The SMILES string of the molecule is COC(C)(OC)C(O)CCCNCc1ccccc1. The molecular formula is C15H25NO3. The highest BCUT2D eigenvalue weighted by Gasteiger charge is 2.32. The summed E-state index contributed by atoms with van der Waals surface area (Å²) in [7, 11) is 3.08. The molecule has 1 rings (SSSR count). The first kappa shape index (κ1) is 16.1. The molecule has 0 fully saturated rings. The van der Waals surface area contributed by atoms with Crippen LogP contribution in [-0.4, -0.2) is 37.8 Å². The van der Waals surface area contributed by atoms with E-state index in [1.807, 2.05) is 18.2 Å². The largest absolute Gasteiger partial charge is 0.388 e. The number of aliphatic hydroxyl groups excluding tert-OH is 1. The number of methoxy groups -OCH3 is 2. The molecule has 1 aromatic rings. The summed E-state index contributed by atoms with van der Waals surface area (Å²) in [5, 5.41) is 13.4. The summed E-state index contributed by atoms with van der Waals surface area (Å²) < 4.78 is 10.4. The van der Waals surface area contributed by atoms with E-state index in [-0.39, 0.29) is 0 Å². The molecule has 0 saturated heterocycles. The Bertz CT molecular complexity index is 339. The first-order valence-electron chi connectivity index (χ1n) is 6.65. The van der Waals surface area contributed by atoms with Crippen LogP contribution in [0.25, 0.3) is 0 Å². The van der Waals surface area contributed by atoms with Crippen LogP contribution in [0.15, 0.2) is 30.3 Å². The van der Waals surface area contributed by atoms with Gasteiger partial charge in [-0.2, -0.15) is 0 Å². The summed E-state index contributed by atoms with van der Waals surface area (Å²) in [6.07, 6.45) is 0.886. The second kappa shape index (κ2) is 8.27. The Morgan fingerprint density at radius 2 is 1.84 bits per heavy atom. The Morgan fingerprint density at radius 3 is 2.42 bits per heavy atom. The van der Waals surface area contributed by atoms with Gasteiger partial charge in [0.1, 0.15) is 6.10 Å². The van der Waals surface area contributed by atoms with Crippen LogP contribution in [0.1, 0.15) is 25.3 Å². The molecule has 0 spiro atoms. The van der Waals surface area contributed by atoms with Crippen molar-refractivity contribution >= 4 is 0 Å². The van der Waals surface area contributed by atoms with Gasteiger partial charge in [0.25, 0.3) is 0 Å². The summed E-state index contributed by atoms with van der Waals surface area (Å²) in [5.41, 5.74) is 1.27. The van der Waals surface area contributed by atoms with Crippen molar-refractivity contribution in [1.82, 2.24) is 5.32 Å². The van der Waals surface area contributed by atoms with Crippen molar-refractivity contribution in [2.45, 2.75) is 38.2 Å². The number of hydrogen-bond acceptors (Lipinski definition) is 4. The van der Waals surface area contributed by atoms with Crippen molar-refractivity contribution in [2.75, 3.05) is 20.8 Å². The van der Waals surface area contributed by atoms with Gasteiger partial charge in [-0.1, -0.05) is 30.3 Å². The maximum Gasteiger partial charge on any atom is 0.190 e. The summed E-state index contributed by atoms with van der Waals surface area (Å²) in [6, 6.07) is 10.3. The molecule has 0 aromatic heterocycles. The zero-order valence-corrected chi connectivity index (χ0v) is 12.1. The van der Waals surface area contributed by atoms with Gasteiger partial charge in [-0.3, -0.25) is 0 Å². The van der Waals surface area contributed by atoms with Crippen LogP contribution in [-0.2, 0) is 16.0 Å². The van der Waals surface area contributed by atoms with E-state index >= 15 is 0 Å². The fourth-order valence-electron chi connectivity index (χ4n) is 1.87. The van der Waals surface area contributed by atoms with Crippen molar-refractivity contribution in [3.8, 4) is 0 Å². The number of benzene rings is 1. The predicted octanol–water partition coefficient (Wildman–Crippen LogP) is 1.93. The van der Waals surface area contributed by atoms with E-state index in [4.69, 9.17) is 9.47 Å². The highest BCUT2D eigenvalue weighted by atomic mass is 16.7. The monoisotopic (exact) mass is 267 g/mol. The third-order valence-electron chi connectivity index (χ3n) is 3.42. The zero-order valence-electron chi connectivity index (χ0n) is 12.1. The molecule has 2 N–H and O–H groups in total. The summed E-state index contributed by atoms with van der Waals surface area (Å²) in [6.45, 7) is 3.45. The molecule has 0 amide bonds. The number of rotatable bonds is 9. The lowest BCUT2D eigenvalue weighted by Crippen LogP contribution is -2.43. The molecule has 108 valence electrons. The molecule has 1 atom stereocenters. The van der Waals surface area contributed by atoms with E-state index in [2.05, 4.69) is 17.4 Å². The van der Waals surface area contributed by atoms with Gasteiger partial charge in [0, 0.05) is 20.8 Å². The summed E-state index contributed by atoms with van der Waals surface area (Å²) in [4.78, 5) is 0. The van der Waals surface area contributed by atoms with Gasteiger partial charge in [-0.15, -0.1) is 0 Å². The minimum Gasteiger partial charge on any atom is -0.388 e. The van der Waals surface area contributed by atoms with Crippen molar-refractivity contribution < 1.29 is 14.6 Å². The van der Waals surface area contributed by atoms with Crippen LogP contribution in [0.2, 0.25) is 0 Å².